The Morgan fingerprint density at radius 3 is 2.43 bits per heavy atom. The van der Waals surface area contributed by atoms with Crippen LogP contribution in [-0.4, -0.2) is 11.1 Å². The molecule has 0 unspecified atom stereocenters. The fourth-order valence-corrected chi connectivity index (χ4v) is 3.60. The van der Waals surface area contributed by atoms with E-state index in [-0.39, 0.29) is 0 Å². The van der Waals surface area contributed by atoms with Crippen LogP contribution in [0.15, 0.2) is 24.3 Å². The second kappa shape index (κ2) is 7.31. The first-order valence-corrected chi connectivity index (χ1v) is 8.41. The molecule has 0 aromatic heterocycles. The number of halogens is 1. The van der Waals surface area contributed by atoms with Gasteiger partial charge in [-0.05, 0) is 55.7 Å². The molecule has 0 saturated heterocycles. The summed E-state index contributed by atoms with van der Waals surface area (Å²) in [6, 6.07) is 7.60. The quantitative estimate of drug-likeness (QED) is 0.770. The molecule has 3 heteroatoms. The summed E-state index contributed by atoms with van der Waals surface area (Å²) in [6.07, 6.45) is 8.10. The Labute approximate surface area is 132 Å². The van der Waals surface area contributed by atoms with Gasteiger partial charge in [0.1, 0.15) is 0 Å². The monoisotopic (exact) mass is 308 g/mol. The molecule has 1 N–H and O–H groups in total. The summed E-state index contributed by atoms with van der Waals surface area (Å²) in [5.74, 6) is 0.0917. The molecule has 1 aromatic carbocycles. The summed E-state index contributed by atoms with van der Waals surface area (Å²) in [4.78, 5) is 11.8. The Bertz CT molecular complexity index is 459. The number of carboxylic acid groups (broad SMARTS) is 1. The van der Waals surface area contributed by atoms with Gasteiger partial charge in [0.25, 0.3) is 0 Å². The van der Waals surface area contributed by atoms with Crippen LogP contribution in [0.3, 0.4) is 0 Å². The maximum absolute atomic E-state index is 11.8. The SMILES string of the molecule is CCCCC1CCC(Cc2ccc(Cl)cc2)(C(=O)O)CC1. The number of carbonyl (C=O) groups is 1. The number of rotatable bonds is 6. The number of hydrogen-bond acceptors (Lipinski definition) is 1. The molecule has 1 aromatic rings. The highest BCUT2D eigenvalue weighted by Crippen LogP contribution is 2.43. The van der Waals surface area contributed by atoms with Gasteiger partial charge in [0.15, 0.2) is 0 Å². The van der Waals surface area contributed by atoms with Gasteiger partial charge in [-0.3, -0.25) is 4.79 Å². The molecule has 0 amide bonds. The van der Waals surface area contributed by atoms with Crippen molar-refractivity contribution in [2.24, 2.45) is 11.3 Å². The number of aliphatic carboxylic acids is 1. The van der Waals surface area contributed by atoms with E-state index in [1.807, 2.05) is 24.3 Å². The van der Waals surface area contributed by atoms with Crippen LogP contribution in [0.2, 0.25) is 5.02 Å². The van der Waals surface area contributed by atoms with E-state index in [9.17, 15) is 9.90 Å². The van der Waals surface area contributed by atoms with Crippen molar-refractivity contribution in [2.45, 2.75) is 58.3 Å². The van der Waals surface area contributed by atoms with Gasteiger partial charge >= 0.3 is 5.97 Å². The van der Waals surface area contributed by atoms with E-state index in [1.165, 1.54) is 19.3 Å². The Hall–Kier alpha value is -1.02. The molecule has 1 fully saturated rings. The van der Waals surface area contributed by atoms with Gasteiger partial charge in [0.05, 0.1) is 5.41 Å². The van der Waals surface area contributed by atoms with Crippen molar-refractivity contribution in [3.05, 3.63) is 34.9 Å². The predicted octanol–water partition coefficient (Wildman–Crippen LogP) is 5.33. The first-order valence-electron chi connectivity index (χ1n) is 8.03. The van der Waals surface area contributed by atoms with Crippen molar-refractivity contribution < 1.29 is 9.90 Å². The zero-order valence-corrected chi connectivity index (χ0v) is 13.5. The van der Waals surface area contributed by atoms with Gasteiger partial charge in [-0.15, -0.1) is 0 Å². The first kappa shape index (κ1) is 16.4. The molecule has 0 heterocycles. The lowest BCUT2D eigenvalue weighted by molar-refractivity contribution is -0.151. The Morgan fingerprint density at radius 2 is 1.90 bits per heavy atom. The largest absolute Gasteiger partial charge is 0.481 e. The first-order chi connectivity index (χ1) is 10.1. The Morgan fingerprint density at radius 1 is 1.29 bits per heavy atom. The number of hydrogen-bond donors (Lipinski definition) is 1. The second-order valence-electron chi connectivity index (χ2n) is 6.47. The zero-order chi connectivity index (χ0) is 15.3. The molecule has 0 spiro atoms. The minimum Gasteiger partial charge on any atom is -0.481 e. The molecule has 1 aliphatic rings. The third-order valence-electron chi connectivity index (χ3n) is 4.94. The minimum absolute atomic E-state index is 0.573. The van der Waals surface area contributed by atoms with Gasteiger partial charge in [-0.25, -0.2) is 0 Å². The Kier molecular flexibility index (Phi) is 5.69. The molecule has 21 heavy (non-hydrogen) atoms. The summed E-state index contributed by atoms with van der Waals surface area (Å²) < 4.78 is 0. The summed E-state index contributed by atoms with van der Waals surface area (Å²) in [6.45, 7) is 2.21. The fourth-order valence-electron chi connectivity index (χ4n) is 3.47. The predicted molar refractivity (Wildman–Crippen MR) is 86.7 cm³/mol. The third kappa shape index (κ3) is 4.23. The van der Waals surface area contributed by atoms with E-state index in [2.05, 4.69) is 6.92 Å². The average Bonchev–Trinajstić information content (AvgIpc) is 2.49. The lowest BCUT2D eigenvalue weighted by atomic mass is 9.66. The summed E-state index contributed by atoms with van der Waals surface area (Å²) >= 11 is 5.90. The van der Waals surface area contributed by atoms with Gasteiger partial charge in [0, 0.05) is 5.02 Å². The van der Waals surface area contributed by atoms with Crippen molar-refractivity contribution in [3.8, 4) is 0 Å². The van der Waals surface area contributed by atoms with Crippen LogP contribution in [-0.2, 0) is 11.2 Å². The average molecular weight is 309 g/mol. The van der Waals surface area contributed by atoms with Crippen LogP contribution < -0.4 is 0 Å². The molecular formula is C18H25ClO2. The van der Waals surface area contributed by atoms with E-state index in [4.69, 9.17) is 11.6 Å². The molecule has 0 aliphatic heterocycles. The zero-order valence-electron chi connectivity index (χ0n) is 12.8. The van der Waals surface area contributed by atoms with E-state index in [0.717, 1.165) is 37.2 Å². The van der Waals surface area contributed by atoms with E-state index in [0.29, 0.717) is 11.4 Å². The van der Waals surface area contributed by atoms with Crippen LogP contribution in [0.25, 0.3) is 0 Å². The Balaban J connectivity index is 2.02. The minimum atomic E-state index is -0.633. The van der Waals surface area contributed by atoms with E-state index in [1.54, 1.807) is 0 Å². The van der Waals surface area contributed by atoms with Crippen LogP contribution in [0.4, 0.5) is 0 Å². The molecule has 116 valence electrons. The molecule has 1 aliphatic carbocycles. The second-order valence-corrected chi connectivity index (χ2v) is 6.91. The topological polar surface area (TPSA) is 37.3 Å². The fraction of sp³-hybridized carbons (Fsp3) is 0.611. The highest BCUT2D eigenvalue weighted by molar-refractivity contribution is 6.30. The van der Waals surface area contributed by atoms with Crippen molar-refractivity contribution >= 4 is 17.6 Å². The summed E-state index contributed by atoms with van der Waals surface area (Å²) in [5, 5.41) is 10.4. The molecular weight excluding hydrogens is 284 g/mol. The van der Waals surface area contributed by atoms with Gasteiger partial charge in [-0.2, -0.15) is 0 Å². The molecule has 2 nitrogen and oxygen atoms in total. The third-order valence-corrected chi connectivity index (χ3v) is 5.19. The van der Waals surface area contributed by atoms with Crippen molar-refractivity contribution in [3.63, 3.8) is 0 Å². The van der Waals surface area contributed by atoms with Crippen molar-refractivity contribution in [2.75, 3.05) is 0 Å². The molecule has 0 bridgehead atoms. The van der Waals surface area contributed by atoms with Crippen molar-refractivity contribution in [1.82, 2.24) is 0 Å². The lowest BCUT2D eigenvalue weighted by Gasteiger charge is -2.37. The molecule has 1 saturated carbocycles. The van der Waals surface area contributed by atoms with Gasteiger partial charge in [-0.1, -0.05) is 49.9 Å². The molecule has 2 rings (SSSR count). The van der Waals surface area contributed by atoms with Crippen molar-refractivity contribution in [1.29, 1.82) is 0 Å². The number of carboxylic acids is 1. The van der Waals surface area contributed by atoms with Gasteiger partial charge in [0.2, 0.25) is 0 Å². The van der Waals surface area contributed by atoms with Crippen LogP contribution >= 0.6 is 11.6 Å². The van der Waals surface area contributed by atoms with Crippen LogP contribution in [0.5, 0.6) is 0 Å². The highest BCUT2D eigenvalue weighted by Gasteiger charge is 2.41. The molecule has 0 radical (unpaired) electrons. The normalized spacial score (nSPS) is 25.7. The number of benzene rings is 1. The lowest BCUT2D eigenvalue weighted by Crippen LogP contribution is -2.37. The van der Waals surface area contributed by atoms with E-state index < -0.39 is 11.4 Å². The van der Waals surface area contributed by atoms with E-state index >= 15 is 0 Å². The summed E-state index contributed by atoms with van der Waals surface area (Å²) in [7, 11) is 0. The van der Waals surface area contributed by atoms with Gasteiger partial charge < -0.3 is 5.11 Å². The number of unbranched alkanes of at least 4 members (excludes halogenated alkanes) is 1. The maximum Gasteiger partial charge on any atom is 0.309 e. The smallest absolute Gasteiger partial charge is 0.309 e. The van der Waals surface area contributed by atoms with Crippen LogP contribution in [0.1, 0.15) is 57.4 Å². The standard InChI is InChI=1S/C18H25ClO2/c1-2-3-4-14-9-11-18(12-10-14,17(20)21)13-15-5-7-16(19)8-6-15/h5-8,14H,2-4,9-13H2,1H3,(H,20,21). The summed E-state index contributed by atoms with van der Waals surface area (Å²) in [5.41, 5.74) is 0.505. The van der Waals surface area contributed by atoms with Crippen LogP contribution in [0, 0.1) is 11.3 Å². The highest BCUT2D eigenvalue weighted by atomic mass is 35.5. The maximum atomic E-state index is 11.8. The molecule has 0 atom stereocenters.